The van der Waals surface area contributed by atoms with Gasteiger partial charge in [-0.3, -0.25) is 4.79 Å². The third-order valence-corrected chi connectivity index (χ3v) is 2.66. The Bertz CT molecular complexity index is 542. The van der Waals surface area contributed by atoms with E-state index < -0.39 is 0 Å². The first-order chi connectivity index (χ1) is 8.68. The fourth-order valence-corrected chi connectivity index (χ4v) is 1.59. The SMILES string of the molecule is Nc1c(Cl)cccc1C(=O)NCCc1ncno1. The lowest BCUT2D eigenvalue weighted by atomic mass is 10.1. The van der Waals surface area contributed by atoms with Gasteiger partial charge in [0.25, 0.3) is 5.91 Å². The molecule has 0 aliphatic heterocycles. The second kappa shape index (κ2) is 5.50. The van der Waals surface area contributed by atoms with E-state index in [1.54, 1.807) is 18.2 Å². The normalized spacial score (nSPS) is 10.3. The first-order valence-corrected chi connectivity index (χ1v) is 5.64. The first-order valence-electron chi connectivity index (χ1n) is 5.26. The first kappa shape index (κ1) is 12.4. The van der Waals surface area contributed by atoms with Crippen molar-refractivity contribution in [3.8, 4) is 0 Å². The highest BCUT2D eigenvalue weighted by Crippen LogP contribution is 2.22. The topological polar surface area (TPSA) is 94.0 Å². The largest absolute Gasteiger partial charge is 0.397 e. The van der Waals surface area contributed by atoms with E-state index in [-0.39, 0.29) is 11.6 Å². The van der Waals surface area contributed by atoms with E-state index in [4.69, 9.17) is 21.9 Å². The maximum atomic E-state index is 11.8. The van der Waals surface area contributed by atoms with Gasteiger partial charge in [-0.05, 0) is 12.1 Å². The summed E-state index contributed by atoms with van der Waals surface area (Å²) in [4.78, 5) is 15.7. The maximum Gasteiger partial charge on any atom is 0.253 e. The number of nitrogens with zero attached hydrogens (tertiary/aromatic N) is 2. The van der Waals surface area contributed by atoms with Crippen LogP contribution < -0.4 is 11.1 Å². The molecular weight excluding hydrogens is 256 g/mol. The second-order valence-electron chi connectivity index (χ2n) is 3.54. The Labute approximate surface area is 108 Å². The predicted octanol–water partition coefficient (Wildman–Crippen LogP) is 1.28. The Morgan fingerprint density at radius 3 is 3.06 bits per heavy atom. The molecule has 18 heavy (non-hydrogen) atoms. The minimum Gasteiger partial charge on any atom is -0.397 e. The number of hydrogen-bond acceptors (Lipinski definition) is 5. The van der Waals surface area contributed by atoms with Crippen LogP contribution in [-0.2, 0) is 6.42 Å². The van der Waals surface area contributed by atoms with Gasteiger partial charge < -0.3 is 15.6 Å². The smallest absolute Gasteiger partial charge is 0.253 e. The van der Waals surface area contributed by atoms with Crippen LogP contribution >= 0.6 is 11.6 Å². The van der Waals surface area contributed by atoms with Crippen LogP contribution in [0.3, 0.4) is 0 Å². The van der Waals surface area contributed by atoms with Crippen LogP contribution in [0.25, 0.3) is 0 Å². The minimum atomic E-state index is -0.283. The van der Waals surface area contributed by atoms with Gasteiger partial charge in [-0.1, -0.05) is 22.8 Å². The molecule has 0 atom stereocenters. The maximum absolute atomic E-state index is 11.8. The third-order valence-electron chi connectivity index (χ3n) is 2.33. The van der Waals surface area contributed by atoms with E-state index in [2.05, 4.69) is 15.5 Å². The number of nitrogens with two attached hydrogens (primary N) is 1. The van der Waals surface area contributed by atoms with Gasteiger partial charge in [0.1, 0.15) is 0 Å². The number of carbonyl (C=O) groups is 1. The molecule has 0 bridgehead atoms. The molecule has 0 aliphatic rings. The Balaban J connectivity index is 1.93. The molecule has 1 heterocycles. The fraction of sp³-hybridized carbons (Fsp3) is 0.182. The number of amides is 1. The van der Waals surface area contributed by atoms with E-state index in [1.807, 2.05) is 0 Å². The Morgan fingerprint density at radius 2 is 2.33 bits per heavy atom. The molecule has 0 saturated heterocycles. The van der Waals surface area contributed by atoms with E-state index in [0.29, 0.717) is 29.4 Å². The molecule has 0 spiro atoms. The van der Waals surface area contributed by atoms with Crippen molar-refractivity contribution in [3.63, 3.8) is 0 Å². The molecule has 1 aromatic carbocycles. The number of aromatic nitrogens is 2. The molecule has 1 aromatic heterocycles. The summed E-state index contributed by atoms with van der Waals surface area (Å²) >= 11 is 5.83. The van der Waals surface area contributed by atoms with Crippen LogP contribution in [0.4, 0.5) is 5.69 Å². The highest BCUT2D eigenvalue weighted by molar-refractivity contribution is 6.33. The monoisotopic (exact) mass is 266 g/mol. The second-order valence-corrected chi connectivity index (χ2v) is 3.95. The van der Waals surface area contributed by atoms with Crippen molar-refractivity contribution in [1.82, 2.24) is 15.5 Å². The van der Waals surface area contributed by atoms with Crippen molar-refractivity contribution in [3.05, 3.63) is 41.0 Å². The van der Waals surface area contributed by atoms with Crippen LogP contribution in [0.15, 0.2) is 29.0 Å². The van der Waals surface area contributed by atoms with Gasteiger partial charge in [-0.2, -0.15) is 4.98 Å². The molecule has 0 saturated carbocycles. The van der Waals surface area contributed by atoms with E-state index in [9.17, 15) is 4.79 Å². The number of hydrogen-bond donors (Lipinski definition) is 2. The van der Waals surface area contributed by atoms with Gasteiger partial charge in [0, 0.05) is 13.0 Å². The number of anilines is 1. The number of rotatable bonds is 4. The minimum absolute atomic E-state index is 0.273. The van der Waals surface area contributed by atoms with Gasteiger partial charge in [0.15, 0.2) is 6.33 Å². The lowest BCUT2D eigenvalue weighted by Gasteiger charge is -2.07. The molecule has 0 unspecified atom stereocenters. The number of halogens is 1. The zero-order valence-electron chi connectivity index (χ0n) is 9.39. The third kappa shape index (κ3) is 2.78. The van der Waals surface area contributed by atoms with Gasteiger partial charge in [0.2, 0.25) is 5.89 Å². The summed E-state index contributed by atoms with van der Waals surface area (Å²) in [6.07, 6.45) is 1.78. The molecule has 94 valence electrons. The summed E-state index contributed by atoms with van der Waals surface area (Å²) in [6.45, 7) is 0.382. The molecule has 3 N–H and O–H groups in total. The molecule has 0 aliphatic carbocycles. The molecule has 0 fully saturated rings. The molecule has 1 amide bonds. The molecule has 2 rings (SSSR count). The van der Waals surface area contributed by atoms with Gasteiger partial charge in [-0.15, -0.1) is 0 Å². The van der Waals surface area contributed by atoms with Crippen LogP contribution in [-0.4, -0.2) is 22.6 Å². The Kier molecular flexibility index (Phi) is 3.78. The predicted molar refractivity (Wildman–Crippen MR) is 66.2 cm³/mol. The van der Waals surface area contributed by atoms with Crippen LogP contribution in [0.5, 0.6) is 0 Å². The summed E-state index contributed by atoms with van der Waals surface area (Å²) in [6, 6.07) is 4.92. The molecular formula is C11H11ClN4O2. The Morgan fingerprint density at radius 1 is 1.50 bits per heavy atom. The highest BCUT2D eigenvalue weighted by atomic mass is 35.5. The fourth-order valence-electron chi connectivity index (χ4n) is 1.42. The van der Waals surface area contributed by atoms with E-state index in [0.717, 1.165) is 0 Å². The van der Waals surface area contributed by atoms with Gasteiger partial charge in [0.05, 0.1) is 16.3 Å². The van der Waals surface area contributed by atoms with Crippen molar-refractivity contribution in [2.24, 2.45) is 0 Å². The van der Waals surface area contributed by atoms with Crippen molar-refractivity contribution in [2.45, 2.75) is 6.42 Å². The average molecular weight is 267 g/mol. The van der Waals surface area contributed by atoms with Crippen molar-refractivity contribution in [2.75, 3.05) is 12.3 Å². The quantitative estimate of drug-likeness (QED) is 0.813. The molecule has 7 heteroatoms. The number of benzene rings is 1. The average Bonchev–Trinajstić information content (AvgIpc) is 2.85. The number of para-hydroxylation sites is 1. The van der Waals surface area contributed by atoms with E-state index >= 15 is 0 Å². The summed E-state index contributed by atoms with van der Waals surface area (Å²) in [7, 11) is 0. The van der Waals surface area contributed by atoms with Gasteiger partial charge >= 0.3 is 0 Å². The standard InChI is InChI=1S/C11H11ClN4O2/c12-8-3-1-2-7(10(8)13)11(17)14-5-4-9-15-6-16-18-9/h1-3,6H,4-5,13H2,(H,14,17). The lowest BCUT2D eigenvalue weighted by molar-refractivity contribution is 0.0954. The molecule has 0 radical (unpaired) electrons. The summed E-state index contributed by atoms with van der Waals surface area (Å²) in [5.41, 5.74) is 6.34. The highest BCUT2D eigenvalue weighted by Gasteiger charge is 2.11. The summed E-state index contributed by atoms with van der Waals surface area (Å²) in [5, 5.41) is 6.53. The van der Waals surface area contributed by atoms with Crippen molar-refractivity contribution in [1.29, 1.82) is 0 Å². The van der Waals surface area contributed by atoms with Crippen molar-refractivity contribution >= 4 is 23.2 Å². The van der Waals surface area contributed by atoms with Gasteiger partial charge in [-0.25, -0.2) is 0 Å². The molecule has 2 aromatic rings. The number of nitrogens with one attached hydrogen (secondary N) is 1. The summed E-state index contributed by atoms with van der Waals surface area (Å²) in [5.74, 6) is 0.184. The van der Waals surface area contributed by atoms with Crippen LogP contribution in [0.2, 0.25) is 5.02 Å². The lowest BCUT2D eigenvalue weighted by Crippen LogP contribution is -2.26. The number of nitrogen functional groups attached to an aromatic ring is 1. The summed E-state index contributed by atoms with van der Waals surface area (Å²) < 4.78 is 4.81. The van der Waals surface area contributed by atoms with Crippen LogP contribution in [0, 0.1) is 0 Å². The van der Waals surface area contributed by atoms with Crippen LogP contribution in [0.1, 0.15) is 16.2 Å². The Hall–Kier alpha value is -2.08. The van der Waals surface area contributed by atoms with E-state index in [1.165, 1.54) is 6.33 Å². The number of carbonyl (C=O) groups excluding carboxylic acids is 1. The zero-order valence-corrected chi connectivity index (χ0v) is 10.1. The zero-order chi connectivity index (χ0) is 13.0. The van der Waals surface area contributed by atoms with Crippen molar-refractivity contribution < 1.29 is 9.32 Å². The molecule has 6 nitrogen and oxygen atoms in total.